The first-order chi connectivity index (χ1) is 19.1. The second-order valence-electron chi connectivity index (χ2n) is 11.4. The number of nitrogens with zero attached hydrogens (tertiary/aromatic N) is 1. The van der Waals surface area contributed by atoms with E-state index in [1.165, 1.54) is 11.1 Å². The summed E-state index contributed by atoms with van der Waals surface area (Å²) in [6.45, 7) is 5.42. The van der Waals surface area contributed by atoms with Gasteiger partial charge < -0.3 is 15.4 Å². The number of anilines is 2. The lowest BCUT2D eigenvalue weighted by molar-refractivity contribution is 0.0635. The van der Waals surface area contributed by atoms with Gasteiger partial charge in [-0.1, -0.05) is 41.9 Å². The first-order valence-corrected chi connectivity index (χ1v) is 14.1. The number of pyridine rings is 1. The van der Waals surface area contributed by atoms with E-state index in [1.807, 2.05) is 26.8 Å². The first kappa shape index (κ1) is 27.7. The van der Waals surface area contributed by atoms with Crippen molar-refractivity contribution in [2.75, 3.05) is 10.6 Å². The summed E-state index contributed by atoms with van der Waals surface area (Å²) in [5.74, 6) is 0.656. The highest BCUT2D eigenvalue weighted by Crippen LogP contribution is 2.37. The summed E-state index contributed by atoms with van der Waals surface area (Å²) in [5.41, 5.74) is 5.18. The highest BCUT2D eigenvalue weighted by molar-refractivity contribution is 6.32. The maximum Gasteiger partial charge on any atom is 0.412 e. The standard InChI is InChI=1S/C32H35ClN4O3/c1-32(2,3)40-31(39)37-22-14-11-21(12-15-22)30(38)36-24-9-6-8-23(17-24)35-29-18-27(28(33)19-34-29)26-16-13-20-7-4-5-10-25(20)26/h4-5,7,10-12,14-16,18-19,23-24H,6,8-9,13,17H2,1-3H3,(H,34,35)(H,36,38)(H,37,39)/t23-,24+/m1/s1. The molecule has 3 N–H and O–H groups in total. The molecule has 2 atom stereocenters. The molecule has 1 aromatic heterocycles. The summed E-state index contributed by atoms with van der Waals surface area (Å²) in [6, 6.07) is 17.5. The van der Waals surface area contributed by atoms with Crippen LogP contribution in [0.15, 0.2) is 66.9 Å². The topological polar surface area (TPSA) is 92.3 Å². The fourth-order valence-corrected chi connectivity index (χ4v) is 5.52. The molecule has 1 fully saturated rings. The van der Waals surface area contributed by atoms with E-state index in [1.54, 1.807) is 30.5 Å². The number of allylic oxidation sites excluding steroid dienone is 1. The number of rotatable bonds is 6. The van der Waals surface area contributed by atoms with E-state index in [0.29, 0.717) is 16.3 Å². The molecule has 2 aromatic carbocycles. The maximum atomic E-state index is 13.0. The molecule has 0 bridgehead atoms. The number of aromatic nitrogens is 1. The summed E-state index contributed by atoms with van der Waals surface area (Å²) in [7, 11) is 0. The number of carbonyl (C=O) groups is 2. The van der Waals surface area contributed by atoms with Crippen LogP contribution >= 0.6 is 11.6 Å². The van der Waals surface area contributed by atoms with Crippen molar-refractivity contribution in [2.24, 2.45) is 0 Å². The van der Waals surface area contributed by atoms with Crippen LogP contribution in [0.5, 0.6) is 0 Å². The van der Waals surface area contributed by atoms with Crippen molar-refractivity contribution in [3.8, 4) is 0 Å². The third-order valence-corrected chi connectivity index (χ3v) is 7.43. The number of fused-ring (bicyclic) bond motifs is 1. The summed E-state index contributed by atoms with van der Waals surface area (Å²) >= 11 is 6.58. The molecule has 3 aromatic rings. The Morgan fingerprint density at radius 2 is 1.75 bits per heavy atom. The van der Waals surface area contributed by atoms with E-state index in [0.717, 1.165) is 49.1 Å². The van der Waals surface area contributed by atoms with Gasteiger partial charge in [0.2, 0.25) is 0 Å². The normalized spacial score (nSPS) is 18.4. The molecule has 2 aliphatic rings. The van der Waals surface area contributed by atoms with Gasteiger partial charge in [-0.2, -0.15) is 0 Å². The van der Waals surface area contributed by atoms with Crippen molar-refractivity contribution in [3.05, 3.63) is 94.1 Å². The zero-order valence-electron chi connectivity index (χ0n) is 23.1. The van der Waals surface area contributed by atoms with Crippen molar-refractivity contribution in [1.82, 2.24) is 10.3 Å². The van der Waals surface area contributed by atoms with Crippen LogP contribution in [0.2, 0.25) is 5.02 Å². The largest absolute Gasteiger partial charge is 0.444 e. The number of carbonyl (C=O) groups excluding carboxylic acids is 2. The molecule has 0 unspecified atom stereocenters. The minimum Gasteiger partial charge on any atom is -0.444 e. The molecule has 2 amide bonds. The Bertz CT molecular complexity index is 1430. The molecule has 1 heterocycles. The predicted molar refractivity (Wildman–Crippen MR) is 160 cm³/mol. The van der Waals surface area contributed by atoms with Gasteiger partial charge in [0.1, 0.15) is 11.4 Å². The molecule has 0 saturated heterocycles. The quantitative estimate of drug-likeness (QED) is 0.297. The van der Waals surface area contributed by atoms with Gasteiger partial charge in [0.25, 0.3) is 5.91 Å². The van der Waals surface area contributed by atoms with Crippen LogP contribution in [0.4, 0.5) is 16.3 Å². The molecule has 0 radical (unpaired) electrons. The second-order valence-corrected chi connectivity index (χ2v) is 11.8. The fourth-order valence-electron chi connectivity index (χ4n) is 5.32. The van der Waals surface area contributed by atoms with Gasteiger partial charge in [-0.3, -0.25) is 10.1 Å². The van der Waals surface area contributed by atoms with E-state index in [-0.39, 0.29) is 18.0 Å². The van der Waals surface area contributed by atoms with E-state index in [4.69, 9.17) is 16.3 Å². The lowest BCUT2D eigenvalue weighted by Crippen LogP contribution is -2.41. The first-order valence-electron chi connectivity index (χ1n) is 13.8. The van der Waals surface area contributed by atoms with Crippen LogP contribution < -0.4 is 16.0 Å². The molecule has 2 aliphatic carbocycles. The number of hydrogen-bond donors (Lipinski definition) is 3. The average Bonchev–Trinajstić information content (AvgIpc) is 3.33. The van der Waals surface area contributed by atoms with E-state index < -0.39 is 11.7 Å². The van der Waals surface area contributed by atoms with Gasteiger partial charge in [0.05, 0.1) is 5.02 Å². The molecule has 5 rings (SSSR count). The van der Waals surface area contributed by atoms with Gasteiger partial charge in [0.15, 0.2) is 0 Å². The Kier molecular flexibility index (Phi) is 8.12. The summed E-state index contributed by atoms with van der Waals surface area (Å²) in [5, 5.41) is 10.1. The molecule has 1 saturated carbocycles. The Hall–Kier alpha value is -3.84. The third kappa shape index (κ3) is 6.83. The molecule has 0 spiro atoms. The lowest BCUT2D eigenvalue weighted by Gasteiger charge is -2.31. The Morgan fingerprint density at radius 3 is 2.52 bits per heavy atom. The smallest absolute Gasteiger partial charge is 0.412 e. The summed E-state index contributed by atoms with van der Waals surface area (Å²) in [6.07, 6.45) is 8.03. The molecule has 0 aliphatic heterocycles. The molecule has 208 valence electrons. The van der Waals surface area contributed by atoms with Crippen molar-refractivity contribution < 1.29 is 14.3 Å². The van der Waals surface area contributed by atoms with Crippen LogP contribution in [0, 0.1) is 0 Å². The number of halogens is 1. The van der Waals surface area contributed by atoms with E-state index in [9.17, 15) is 9.59 Å². The summed E-state index contributed by atoms with van der Waals surface area (Å²) in [4.78, 5) is 29.5. The third-order valence-electron chi connectivity index (χ3n) is 7.13. The number of nitrogens with one attached hydrogen (secondary N) is 3. The number of hydrogen-bond acceptors (Lipinski definition) is 5. The Labute approximate surface area is 240 Å². The number of benzene rings is 2. The van der Waals surface area contributed by atoms with Crippen molar-refractivity contribution in [1.29, 1.82) is 0 Å². The number of amides is 2. The van der Waals surface area contributed by atoms with Crippen LogP contribution in [0.3, 0.4) is 0 Å². The Morgan fingerprint density at radius 1 is 1.00 bits per heavy atom. The zero-order chi connectivity index (χ0) is 28.3. The van der Waals surface area contributed by atoms with E-state index >= 15 is 0 Å². The van der Waals surface area contributed by atoms with Gasteiger partial charge in [-0.25, -0.2) is 9.78 Å². The van der Waals surface area contributed by atoms with Gasteiger partial charge >= 0.3 is 6.09 Å². The molecule has 7 nitrogen and oxygen atoms in total. The second kappa shape index (κ2) is 11.7. The van der Waals surface area contributed by atoms with Gasteiger partial charge in [-0.15, -0.1) is 0 Å². The fraction of sp³-hybridized carbons (Fsp3) is 0.344. The SMILES string of the molecule is CC(C)(C)OC(=O)Nc1ccc(C(=O)N[C@H]2CCC[C@@H](Nc3cc(C4=CCc5ccccc54)c(Cl)cn3)C2)cc1. The van der Waals surface area contributed by atoms with Crippen LogP contribution in [0.25, 0.3) is 5.57 Å². The minimum atomic E-state index is -0.581. The van der Waals surface area contributed by atoms with E-state index in [2.05, 4.69) is 51.3 Å². The minimum absolute atomic E-state index is 0.0505. The van der Waals surface area contributed by atoms with Crippen LogP contribution in [-0.4, -0.2) is 34.7 Å². The van der Waals surface area contributed by atoms with Crippen molar-refractivity contribution >= 4 is 40.7 Å². The van der Waals surface area contributed by atoms with Gasteiger partial charge in [-0.05, 0) is 99.9 Å². The van der Waals surface area contributed by atoms with Crippen molar-refractivity contribution in [2.45, 2.75) is 70.6 Å². The van der Waals surface area contributed by atoms with Gasteiger partial charge in [0, 0.05) is 35.1 Å². The molecule has 8 heteroatoms. The average molecular weight is 559 g/mol. The van der Waals surface area contributed by atoms with Crippen LogP contribution in [0.1, 0.15) is 73.5 Å². The van der Waals surface area contributed by atoms with Crippen LogP contribution in [-0.2, 0) is 11.2 Å². The Balaban J connectivity index is 1.18. The van der Waals surface area contributed by atoms with Crippen molar-refractivity contribution in [3.63, 3.8) is 0 Å². The molecule has 40 heavy (non-hydrogen) atoms. The predicted octanol–water partition coefficient (Wildman–Crippen LogP) is 7.22. The lowest BCUT2D eigenvalue weighted by atomic mass is 9.90. The molecular weight excluding hydrogens is 524 g/mol. The monoisotopic (exact) mass is 558 g/mol. The molecular formula is C32H35ClN4O3. The number of ether oxygens (including phenoxy) is 1. The summed E-state index contributed by atoms with van der Waals surface area (Å²) < 4.78 is 5.28. The zero-order valence-corrected chi connectivity index (χ0v) is 23.8. The highest BCUT2D eigenvalue weighted by Gasteiger charge is 2.25. The highest BCUT2D eigenvalue weighted by atomic mass is 35.5. The maximum absolute atomic E-state index is 13.0.